The molecule has 0 spiro atoms. The van der Waals surface area contributed by atoms with Crippen molar-refractivity contribution in [2.45, 2.75) is 13.5 Å². The van der Waals surface area contributed by atoms with Crippen molar-refractivity contribution >= 4 is 22.5 Å². The molecule has 7 nitrogen and oxygen atoms in total. The van der Waals surface area contributed by atoms with Crippen molar-refractivity contribution in [3.8, 4) is 11.4 Å². The van der Waals surface area contributed by atoms with E-state index >= 15 is 0 Å². The van der Waals surface area contributed by atoms with Gasteiger partial charge < -0.3 is 10.1 Å². The lowest BCUT2D eigenvalue weighted by Crippen LogP contribution is -2.40. The summed E-state index contributed by atoms with van der Waals surface area (Å²) in [6.45, 7) is 2.21. The second-order valence-corrected chi connectivity index (χ2v) is 6.87. The molecule has 7 heteroatoms. The van der Waals surface area contributed by atoms with Gasteiger partial charge in [0.25, 0.3) is 5.56 Å². The number of fused-ring (bicyclic) bond motifs is 1. The lowest BCUT2D eigenvalue weighted by molar-refractivity contribution is -0.116. The van der Waals surface area contributed by atoms with Crippen molar-refractivity contribution in [1.82, 2.24) is 9.13 Å². The monoisotopic (exact) mass is 415 g/mol. The summed E-state index contributed by atoms with van der Waals surface area (Å²) in [6, 6.07) is 22.4. The van der Waals surface area contributed by atoms with Crippen molar-refractivity contribution in [3.63, 3.8) is 0 Å². The molecule has 1 amide bonds. The molecule has 3 aromatic carbocycles. The van der Waals surface area contributed by atoms with Crippen LogP contribution in [0.2, 0.25) is 0 Å². The lowest BCUT2D eigenvalue weighted by Gasteiger charge is -2.14. The van der Waals surface area contributed by atoms with E-state index in [1.54, 1.807) is 78.9 Å². The zero-order chi connectivity index (χ0) is 21.8. The second kappa shape index (κ2) is 8.71. The fourth-order valence-electron chi connectivity index (χ4n) is 3.42. The Morgan fingerprint density at radius 3 is 2.29 bits per heavy atom. The predicted molar refractivity (Wildman–Crippen MR) is 120 cm³/mol. The number of benzene rings is 3. The summed E-state index contributed by atoms with van der Waals surface area (Å²) in [5.74, 6) is 0.326. The molecule has 4 aromatic rings. The molecule has 0 atom stereocenters. The highest BCUT2D eigenvalue weighted by Gasteiger charge is 2.16. The van der Waals surface area contributed by atoms with Gasteiger partial charge in [-0.25, -0.2) is 9.36 Å². The molecule has 0 aliphatic carbocycles. The maximum Gasteiger partial charge on any atom is 0.336 e. The summed E-state index contributed by atoms with van der Waals surface area (Å²) in [7, 11) is 0. The fraction of sp³-hybridized carbons (Fsp3) is 0.125. The van der Waals surface area contributed by atoms with Gasteiger partial charge in [0.2, 0.25) is 5.91 Å². The highest BCUT2D eigenvalue weighted by Crippen LogP contribution is 2.16. The molecule has 0 bridgehead atoms. The molecule has 0 aliphatic heterocycles. The molecular weight excluding hydrogens is 394 g/mol. The van der Waals surface area contributed by atoms with E-state index in [0.717, 1.165) is 4.57 Å². The summed E-state index contributed by atoms with van der Waals surface area (Å²) in [6.07, 6.45) is 0. The molecule has 0 aliphatic rings. The summed E-state index contributed by atoms with van der Waals surface area (Å²) in [5, 5.41) is 3.14. The van der Waals surface area contributed by atoms with Crippen molar-refractivity contribution in [2.24, 2.45) is 0 Å². The molecule has 1 heterocycles. The molecule has 0 unspecified atom stereocenters. The third kappa shape index (κ3) is 4.11. The minimum absolute atomic E-state index is 0.236. The average molecular weight is 415 g/mol. The zero-order valence-electron chi connectivity index (χ0n) is 16.9. The maximum absolute atomic E-state index is 13.2. The van der Waals surface area contributed by atoms with Gasteiger partial charge >= 0.3 is 5.69 Å². The quantitative estimate of drug-likeness (QED) is 0.524. The molecule has 1 aromatic heterocycles. The zero-order valence-corrected chi connectivity index (χ0v) is 16.9. The van der Waals surface area contributed by atoms with E-state index in [9.17, 15) is 14.4 Å². The van der Waals surface area contributed by atoms with Crippen LogP contribution in [0.4, 0.5) is 5.69 Å². The third-order valence-electron chi connectivity index (χ3n) is 4.82. The average Bonchev–Trinajstić information content (AvgIpc) is 2.79. The van der Waals surface area contributed by atoms with Crippen LogP contribution in [-0.2, 0) is 11.3 Å². The maximum atomic E-state index is 13.2. The molecule has 0 fully saturated rings. The number of anilines is 1. The van der Waals surface area contributed by atoms with Gasteiger partial charge in [-0.1, -0.05) is 30.3 Å². The van der Waals surface area contributed by atoms with E-state index in [1.165, 1.54) is 4.57 Å². The van der Waals surface area contributed by atoms with Gasteiger partial charge in [-0.15, -0.1) is 0 Å². The fourth-order valence-corrected chi connectivity index (χ4v) is 3.42. The first-order chi connectivity index (χ1) is 15.1. The number of nitrogens with zero attached hydrogens (tertiary/aromatic N) is 2. The lowest BCUT2D eigenvalue weighted by atomic mass is 10.2. The number of nitrogens with one attached hydrogen (secondary N) is 1. The Morgan fingerprint density at radius 1 is 0.903 bits per heavy atom. The van der Waals surface area contributed by atoms with E-state index in [0.29, 0.717) is 34.6 Å². The van der Waals surface area contributed by atoms with Gasteiger partial charge in [-0.3, -0.25) is 14.2 Å². The Morgan fingerprint density at radius 2 is 1.58 bits per heavy atom. The van der Waals surface area contributed by atoms with Gasteiger partial charge in [0.05, 0.1) is 23.2 Å². The van der Waals surface area contributed by atoms with Crippen LogP contribution < -0.4 is 21.3 Å². The van der Waals surface area contributed by atoms with Crippen molar-refractivity contribution in [2.75, 3.05) is 11.9 Å². The van der Waals surface area contributed by atoms with Crippen LogP contribution in [0, 0.1) is 0 Å². The van der Waals surface area contributed by atoms with Crippen LogP contribution >= 0.6 is 0 Å². The van der Waals surface area contributed by atoms with Crippen LogP contribution in [0.15, 0.2) is 88.5 Å². The molecule has 31 heavy (non-hydrogen) atoms. The molecule has 1 N–H and O–H groups in total. The molecule has 0 saturated heterocycles. The van der Waals surface area contributed by atoms with Crippen LogP contribution in [0.1, 0.15) is 6.92 Å². The first kappa shape index (κ1) is 20.2. The number of amides is 1. The largest absolute Gasteiger partial charge is 0.494 e. The van der Waals surface area contributed by atoms with Crippen molar-refractivity contribution in [1.29, 1.82) is 0 Å². The summed E-state index contributed by atoms with van der Waals surface area (Å²) < 4.78 is 7.80. The Kier molecular flexibility index (Phi) is 5.66. The Hall–Kier alpha value is -4.13. The van der Waals surface area contributed by atoms with Crippen molar-refractivity contribution < 1.29 is 9.53 Å². The summed E-state index contributed by atoms with van der Waals surface area (Å²) in [4.78, 5) is 39.0. The van der Waals surface area contributed by atoms with E-state index in [1.807, 2.05) is 6.92 Å². The van der Waals surface area contributed by atoms with Gasteiger partial charge in [0.1, 0.15) is 12.3 Å². The normalized spacial score (nSPS) is 10.7. The summed E-state index contributed by atoms with van der Waals surface area (Å²) in [5.41, 5.74) is 0.448. The SMILES string of the molecule is CCOc1ccc(NC(=O)Cn2c(=O)n(-c3ccccc3)c(=O)c3ccccc32)cc1. The molecule has 0 saturated carbocycles. The number of hydrogen-bond donors (Lipinski definition) is 1. The van der Waals surface area contributed by atoms with E-state index in [-0.39, 0.29) is 12.5 Å². The van der Waals surface area contributed by atoms with E-state index in [4.69, 9.17) is 4.74 Å². The number of hydrogen-bond acceptors (Lipinski definition) is 4. The molecule has 156 valence electrons. The number of carbonyl (C=O) groups is 1. The number of aromatic nitrogens is 2. The highest BCUT2D eigenvalue weighted by atomic mass is 16.5. The number of rotatable bonds is 6. The van der Waals surface area contributed by atoms with Gasteiger partial charge in [0.15, 0.2) is 0 Å². The van der Waals surface area contributed by atoms with Crippen molar-refractivity contribution in [3.05, 3.63) is 99.7 Å². The molecular formula is C24H21N3O4. The second-order valence-electron chi connectivity index (χ2n) is 6.87. The number of carbonyl (C=O) groups excluding carboxylic acids is 1. The molecule has 4 rings (SSSR count). The van der Waals surface area contributed by atoms with Crippen LogP contribution in [0.3, 0.4) is 0 Å². The van der Waals surface area contributed by atoms with Crippen LogP contribution in [-0.4, -0.2) is 21.6 Å². The third-order valence-corrected chi connectivity index (χ3v) is 4.82. The van der Waals surface area contributed by atoms with Gasteiger partial charge in [0, 0.05) is 5.69 Å². The smallest absolute Gasteiger partial charge is 0.336 e. The Labute approximate surface area is 178 Å². The standard InChI is InChI=1S/C24H21N3O4/c1-2-31-19-14-12-17(13-15-19)25-22(28)16-26-21-11-7-6-10-20(21)23(29)27(24(26)30)18-8-4-3-5-9-18/h3-15H,2,16H2,1H3,(H,25,28). The first-order valence-corrected chi connectivity index (χ1v) is 9.91. The Balaban J connectivity index is 1.72. The summed E-state index contributed by atoms with van der Waals surface area (Å²) >= 11 is 0. The minimum Gasteiger partial charge on any atom is -0.494 e. The van der Waals surface area contributed by atoms with Crippen LogP contribution in [0.25, 0.3) is 16.6 Å². The van der Waals surface area contributed by atoms with E-state index in [2.05, 4.69) is 5.32 Å². The van der Waals surface area contributed by atoms with Crippen LogP contribution in [0.5, 0.6) is 5.75 Å². The molecule has 0 radical (unpaired) electrons. The predicted octanol–water partition coefficient (Wildman–Crippen LogP) is 3.19. The number of ether oxygens (including phenoxy) is 1. The van der Waals surface area contributed by atoms with Gasteiger partial charge in [-0.05, 0) is 55.5 Å². The van der Waals surface area contributed by atoms with Gasteiger partial charge in [-0.2, -0.15) is 0 Å². The number of para-hydroxylation sites is 2. The minimum atomic E-state index is -0.572. The highest BCUT2D eigenvalue weighted by molar-refractivity contribution is 5.91. The topological polar surface area (TPSA) is 82.3 Å². The Bertz CT molecular complexity index is 1340. The van der Waals surface area contributed by atoms with E-state index < -0.39 is 11.2 Å². The first-order valence-electron chi connectivity index (χ1n) is 9.91.